The maximum absolute atomic E-state index is 13.4. The lowest BCUT2D eigenvalue weighted by Crippen LogP contribution is -2.40. The Bertz CT molecular complexity index is 1250. The number of nitrogens with zero attached hydrogens (tertiary/aromatic N) is 3. The van der Waals surface area contributed by atoms with Crippen LogP contribution in [0, 0.1) is 6.92 Å². The molecule has 2 aromatic carbocycles. The van der Waals surface area contributed by atoms with Crippen LogP contribution >= 0.6 is 11.6 Å². The highest BCUT2D eigenvalue weighted by molar-refractivity contribution is 7.92. The van der Waals surface area contributed by atoms with E-state index in [4.69, 9.17) is 11.6 Å². The molecular weight excluding hydrogens is 440 g/mol. The van der Waals surface area contributed by atoms with Gasteiger partial charge in [0.15, 0.2) is 0 Å². The van der Waals surface area contributed by atoms with E-state index in [1.165, 1.54) is 10.5 Å². The summed E-state index contributed by atoms with van der Waals surface area (Å²) in [6.45, 7) is 2.01. The second kappa shape index (κ2) is 8.16. The van der Waals surface area contributed by atoms with Gasteiger partial charge < -0.3 is 10.4 Å². The Morgan fingerprint density at radius 1 is 1.19 bits per heavy atom. The van der Waals surface area contributed by atoms with Gasteiger partial charge in [0.1, 0.15) is 0 Å². The van der Waals surface area contributed by atoms with Gasteiger partial charge in [0.25, 0.3) is 10.0 Å². The molecule has 2 heterocycles. The van der Waals surface area contributed by atoms with Gasteiger partial charge in [-0.15, -0.1) is 0 Å². The predicted octanol–water partition coefficient (Wildman–Crippen LogP) is 4.01. The molecule has 0 saturated carbocycles. The molecule has 31 heavy (non-hydrogen) atoms. The number of carboxylic acid groups (broad SMARTS) is 1. The first kappa shape index (κ1) is 21.1. The highest BCUT2D eigenvalue weighted by atomic mass is 35.5. The quantitative estimate of drug-likeness (QED) is 0.571. The summed E-state index contributed by atoms with van der Waals surface area (Å²) >= 11 is 5.91. The number of hydrogen-bond donors (Lipinski definition) is 2. The minimum Gasteiger partial charge on any atom is -0.465 e. The average molecular weight is 459 g/mol. The van der Waals surface area contributed by atoms with Crippen molar-refractivity contribution in [3.63, 3.8) is 0 Å². The Labute approximate surface area is 184 Å². The maximum Gasteiger partial charge on any atom is 0.405 e. The summed E-state index contributed by atoms with van der Waals surface area (Å²) in [7, 11) is -3.85. The topological polar surface area (TPSA) is 112 Å². The summed E-state index contributed by atoms with van der Waals surface area (Å²) in [6.07, 6.45) is 0.653. The fourth-order valence-corrected chi connectivity index (χ4v) is 5.26. The zero-order valence-corrected chi connectivity index (χ0v) is 18.1. The smallest absolute Gasteiger partial charge is 0.405 e. The summed E-state index contributed by atoms with van der Waals surface area (Å²) in [5.74, 6) is 0. The zero-order chi connectivity index (χ0) is 22.2. The Hall–Kier alpha value is -3.17. The average Bonchev–Trinajstić information content (AvgIpc) is 2.73. The number of fused-ring (bicyclic) bond motifs is 1. The van der Waals surface area contributed by atoms with Crippen LogP contribution < -0.4 is 9.62 Å². The number of rotatable bonds is 4. The van der Waals surface area contributed by atoms with Crippen molar-refractivity contribution in [1.29, 1.82) is 0 Å². The van der Waals surface area contributed by atoms with Gasteiger partial charge in [0, 0.05) is 18.3 Å². The maximum atomic E-state index is 13.4. The zero-order valence-electron chi connectivity index (χ0n) is 16.5. The molecule has 0 saturated heterocycles. The van der Waals surface area contributed by atoms with Crippen LogP contribution in [0.1, 0.15) is 23.6 Å². The minimum absolute atomic E-state index is 0.0739. The van der Waals surface area contributed by atoms with Crippen molar-refractivity contribution in [2.45, 2.75) is 24.3 Å². The highest BCUT2D eigenvalue weighted by Gasteiger charge is 2.34. The molecular formula is C21H19ClN4O4S. The molecule has 0 aliphatic carbocycles. The normalized spacial score (nSPS) is 15.9. The number of nitrogens with one attached hydrogen (secondary N) is 1. The molecule has 0 fully saturated rings. The number of benzene rings is 2. The standard InChI is InChI=1S/C21H19ClN4O4S/c1-13-2-5-15(6-3-13)31(29,30)26-11-9-18(25-21(27)28)16-7-4-14(12-19(16)26)17-8-10-23-20(22)24-17/h2-8,10,12,18,25H,9,11H2,1H3,(H,27,28). The number of hydrogen-bond acceptors (Lipinski definition) is 5. The number of anilines is 1. The van der Waals surface area contributed by atoms with Crippen molar-refractivity contribution < 1.29 is 18.3 Å². The number of sulfonamides is 1. The van der Waals surface area contributed by atoms with E-state index in [0.717, 1.165) is 5.56 Å². The molecule has 160 valence electrons. The van der Waals surface area contributed by atoms with Crippen molar-refractivity contribution in [3.8, 4) is 11.3 Å². The Morgan fingerprint density at radius 2 is 1.94 bits per heavy atom. The lowest BCUT2D eigenvalue weighted by molar-refractivity contribution is 0.189. The van der Waals surface area contributed by atoms with Crippen molar-refractivity contribution in [1.82, 2.24) is 15.3 Å². The molecule has 1 unspecified atom stereocenters. The Balaban J connectivity index is 1.84. The number of aromatic nitrogens is 2. The summed E-state index contributed by atoms with van der Waals surface area (Å²) < 4.78 is 28.2. The van der Waals surface area contributed by atoms with E-state index >= 15 is 0 Å². The van der Waals surface area contributed by atoms with Gasteiger partial charge in [-0.1, -0.05) is 29.8 Å². The van der Waals surface area contributed by atoms with E-state index in [1.807, 2.05) is 6.92 Å². The van der Waals surface area contributed by atoms with Gasteiger partial charge in [-0.25, -0.2) is 23.2 Å². The molecule has 1 aromatic heterocycles. The van der Waals surface area contributed by atoms with Crippen LogP contribution in [0.15, 0.2) is 59.6 Å². The fourth-order valence-electron chi connectivity index (χ4n) is 3.62. The number of aryl methyl sites for hydroxylation is 1. The second-order valence-electron chi connectivity index (χ2n) is 7.17. The van der Waals surface area contributed by atoms with Gasteiger partial charge in [-0.2, -0.15) is 0 Å². The van der Waals surface area contributed by atoms with Crippen LogP contribution in [-0.2, 0) is 10.0 Å². The molecule has 0 spiro atoms. The van der Waals surface area contributed by atoms with E-state index in [-0.39, 0.29) is 16.7 Å². The van der Waals surface area contributed by atoms with Crippen LogP contribution in [0.2, 0.25) is 5.28 Å². The Morgan fingerprint density at radius 3 is 2.61 bits per heavy atom. The van der Waals surface area contributed by atoms with Gasteiger partial charge in [0.2, 0.25) is 5.28 Å². The largest absolute Gasteiger partial charge is 0.465 e. The molecule has 4 rings (SSSR count). The highest BCUT2D eigenvalue weighted by Crippen LogP contribution is 2.39. The monoisotopic (exact) mass is 458 g/mol. The first-order chi connectivity index (χ1) is 14.8. The third-order valence-electron chi connectivity index (χ3n) is 5.12. The molecule has 1 aliphatic rings. The van der Waals surface area contributed by atoms with Crippen LogP contribution in [0.4, 0.5) is 10.5 Å². The number of halogens is 1. The van der Waals surface area contributed by atoms with Crippen LogP contribution in [0.5, 0.6) is 0 Å². The van der Waals surface area contributed by atoms with Crippen LogP contribution in [-0.4, -0.2) is 36.1 Å². The van der Waals surface area contributed by atoms with E-state index in [9.17, 15) is 18.3 Å². The van der Waals surface area contributed by atoms with E-state index in [0.29, 0.717) is 28.9 Å². The summed E-state index contributed by atoms with van der Waals surface area (Å²) in [5, 5.41) is 11.8. The van der Waals surface area contributed by atoms with E-state index in [1.54, 1.807) is 48.5 Å². The number of carbonyl (C=O) groups is 1. The van der Waals surface area contributed by atoms with Crippen molar-refractivity contribution >= 4 is 33.4 Å². The first-order valence-electron chi connectivity index (χ1n) is 9.47. The third-order valence-corrected chi connectivity index (χ3v) is 7.13. The molecule has 1 atom stereocenters. The van der Waals surface area contributed by atoms with Gasteiger partial charge in [-0.3, -0.25) is 4.31 Å². The lowest BCUT2D eigenvalue weighted by Gasteiger charge is -2.35. The van der Waals surface area contributed by atoms with Gasteiger partial charge in [0.05, 0.1) is 22.3 Å². The minimum atomic E-state index is -3.85. The molecule has 2 N–H and O–H groups in total. The molecule has 0 radical (unpaired) electrons. The van der Waals surface area contributed by atoms with Crippen LogP contribution in [0.25, 0.3) is 11.3 Å². The van der Waals surface area contributed by atoms with Gasteiger partial charge in [-0.05, 0) is 54.8 Å². The van der Waals surface area contributed by atoms with Crippen LogP contribution in [0.3, 0.4) is 0 Å². The first-order valence-corrected chi connectivity index (χ1v) is 11.3. The van der Waals surface area contributed by atoms with Crippen molar-refractivity contribution in [3.05, 3.63) is 71.1 Å². The van der Waals surface area contributed by atoms with Crippen molar-refractivity contribution in [2.75, 3.05) is 10.8 Å². The molecule has 8 nitrogen and oxygen atoms in total. The SMILES string of the molecule is Cc1ccc(S(=O)(=O)N2CCC(NC(=O)O)c3ccc(-c4ccnc(Cl)n4)cc32)cc1. The van der Waals surface area contributed by atoms with Gasteiger partial charge >= 0.3 is 6.09 Å². The molecule has 1 aliphatic heterocycles. The second-order valence-corrected chi connectivity index (χ2v) is 9.37. The van der Waals surface area contributed by atoms with E-state index < -0.39 is 22.2 Å². The summed E-state index contributed by atoms with van der Waals surface area (Å²) in [4.78, 5) is 19.5. The molecule has 0 bridgehead atoms. The third kappa shape index (κ3) is 4.19. The summed E-state index contributed by atoms with van der Waals surface area (Å²) in [6, 6.07) is 12.9. The van der Waals surface area contributed by atoms with Crippen molar-refractivity contribution in [2.24, 2.45) is 0 Å². The van der Waals surface area contributed by atoms with E-state index in [2.05, 4.69) is 15.3 Å². The summed E-state index contributed by atoms with van der Waals surface area (Å²) in [5.41, 5.74) is 3.10. The molecule has 1 amide bonds. The fraction of sp³-hybridized carbons (Fsp3) is 0.190. The number of amides is 1. The lowest BCUT2D eigenvalue weighted by atomic mass is 9.95. The Kier molecular flexibility index (Phi) is 5.55. The predicted molar refractivity (Wildman–Crippen MR) is 117 cm³/mol. The molecule has 10 heteroatoms. The molecule has 3 aromatic rings.